The number of nitrogens with zero attached hydrogens (tertiary/aromatic N) is 2. The van der Waals surface area contributed by atoms with E-state index >= 15 is 0 Å². The van der Waals surface area contributed by atoms with E-state index in [0.717, 1.165) is 25.9 Å². The first-order valence-electron chi connectivity index (χ1n) is 7.36. The third-order valence-electron chi connectivity index (χ3n) is 3.77. The number of aliphatic hydroxyl groups is 2. The van der Waals surface area contributed by atoms with Gasteiger partial charge in [-0.05, 0) is 37.4 Å². The normalized spacial score (nSPS) is 20.7. The average molecular weight is 290 g/mol. The Morgan fingerprint density at radius 2 is 2.24 bits per heavy atom. The second-order valence-corrected chi connectivity index (χ2v) is 5.52. The number of likely N-dealkylation sites (tertiary alicyclic amines) is 1. The molecule has 2 rings (SSSR count). The molecule has 114 valence electrons. The third kappa shape index (κ3) is 4.71. The van der Waals surface area contributed by atoms with Gasteiger partial charge in [0.15, 0.2) is 0 Å². The van der Waals surface area contributed by atoms with E-state index in [1.807, 2.05) is 0 Å². The number of benzene rings is 1. The molecular formula is C16H22N2O3. The number of piperidine rings is 1. The van der Waals surface area contributed by atoms with E-state index in [-0.39, 0.29) is 13.2 Å². The maximum absolute atomic E-state index is 10.1. The van der Waals surface area contributed by atoms with Crippen molar-refractivity contribution >= 4 is 0 Å². The smallest absolute Gasteiger partial charge is 0.137 e. The molecular weight excluding hydrogens is 268 g/mol. The zero-order valence-electron chi connectivity index (χ0n) is 12.1. The minimum atomic E-state index is -0.603. The van der Waals surface area contributed by atoms with Crippen LogP contribution in [0.5, 0.6) is 5.75 Å². The van der Waals surface area contributed by atoms with Crippen LogP contribution in [0.3, 0.4) is 0 Å². The molecule has 0 bridgehead atoms. The molecule has 0 aromatic heterocycles. The predicted molar refractivity (Wildman–Crippen MR) is 78.9 cm³/mol. The summed E-state index contributed by atoms with van der Waals surface area (Å²) in [5.74, 6) is 0.817. The molecule has 2 N–H and O–H groups in total. The zero-order valence-corrected chi connectivity index (χ0v) is 12.1. The highest BCUT2D eigenvalue weighted by molar-refractivity contribution is 5.42. The third-order valence-corrected chi connectivity index (χ3v) is 3.77. The fourth-order valence-electron chi connectivity index (χ4n) is 2.69. The first kappa shape index (κ1) is 15.8. The second-order valence-electron chi connectivity index (χ2n) is 5.52. The van der Waals surface area contributed by atoms with Crippen molar-refractivity contribution in [2.45, 2.75) is 18.9 Å². The van der Waals surface area contributed by atoms with Gasteiger partial charge in [-0.15, -0.1) is 0 Å². The molecule has 1 saturated heterocycles. The maximum Gasteiger partial charge on any atom is 0.137 e. The Morgan fingerprint density at radius 3 is 3.00 bits per heavy atom. The summed E-state index contributed by atoms with van der Waals surface area (Å²) in [6.45, 7) is 2.67. The minimum Gasteiger partial charge on any atom is -0.489 e. The van der Waals surface area contributed by atoms with Gasteiger partial charge in [-0.2, -0.15) is 5.26 Å². The second kappa shape index (κ2) is 7.99. The van der Waals surface area contributed by atoms with Gasteiger partial charge in [-0.1, -0.05) is 12.1 Å². The van der Waals surface area contributed by atoms with Crippen molar-refractivity contribution in [1.82, 2.24) is 4.90 Å². The molecule has 0 spiro atoms. The molecule has 2 unspecified atom stereocenters. The quantitative estimate of drug-likeness (QED) is 0.817. The molecule has 1 aromatic rings. The molecule has 1 aromatic carbocycles. The van der Waals surface area contributed by atoms with Gasteiger partial charge in [0.25, 0.3) is 0 Å². The molecule has 0 aliphatic carbocycles. The van der Waals surface area contributed by atoms with Crippen LogP contribution in [0, 0.1) is 17.2 Å². The van der Waals surface area contributed by atoms with Crippen molar-refractivity contribution in [3.63, 3.8) is 0 Å². The van der Waals surface area contributed by atoms with E-state index in [0.29, 0.717) is 23.8 Å². The first-order valence-corrected chi connectivity index (χ1v) is 7.36. The fraction of sp³-hybridized carbons (Fsp3) is 0.562. The Kier molecular flexibility index (Phi) is 6.00. The number of nitriles is 1. The lowest BCUT2D eigenvalue weighted by molar-refractivity contribution is 0.0431. The molecule has 0 amide bonds. The molecule has 21 heavy (non-hydrogen) atoms. The number of β-amino-alcohol motifs (C(OH)–C–C–N with tert-alkyl or cyclic N) is 1. The molecule has 1 aliphatic rings. The summed E-state index contributed by atoms with van der Waals surface area (Å²) in [4.78, 5) is 2.16. The highest BCUT2D eigenvalue weighted by atomic mass is 16.5. The van der Waals surface area contributed by atoms with E-state index in [4.69, 9.17) is 10.00 Å². The Balaban J connectivity index is 1.79. The van der Waals surface area contributed by atoms with Gasteiger partial charge in [0.2, 0.25) is 0 Å². The van der Waals surface area contributed by atoms with Crippen LogP contribution >= 0.6 is 0 Å². The molecule has 2 atom stereocenters. The van der Waals surface area contributed by atoms with Gasteiger partial charge in [0.1, 0.15) is 24.5 Å². The lowest BCUT2D eigenvalue weighted by Crippen LogP contribution is -2.42. The minimum absolute atomic E-state index is 0.166. The summed E-state index contributed by atoms with van der Waals surface area (Å²) >= 11 is 0. The predicted octanol–water partition coefficient (Wildman–Crippen LogP) is 1.00. The molecule has 0 saturated carbocycles. The van der Waals surface area contributed by atoms with Crippen molar-refractivity contribution in [2.75, 3.05) is 32.8 Å². The van der Waals surface area contributed by atoms with E-state index in [9.17, 15) is 10.2 Å². The standard InChI is InChI=1S/C16H22N2O3/c17-8-14-5-1-2-6-16(14)21-12-15(20)10-18-7-3-4-13(9-18)11-19/h1-2,5-6,13,15,19-20H,3-4,7,9-12H2. The van der Waals surface area contributed by atoms with Crippen LogP contribution in [0.4, 0.5) is 0 Å². The van der Waals surface area contributed by atoms with Gasteiger partial charge >= 0.3 is 0 Å². The number of aliphatic hydroxyl groups excluding tert-OH is 2. The van der Waals surface area contributed by atoms with E-state index in [1.54, 1.807) is 24.3 Å². The molecule has 1 fully saturated rings. The molecule has 1 heterocycles. The van der Waals surface area contributed by atoms with Crippen molar-refractivity contribution in [3.05, 3.63) is 29.8 Å². The Labute approximate surface area is 125 Å². The van der Waals surface area contributed by atoms with Crippen LogP contribution in [0.1, 0.15) is 18.4 Å². The van der Waals surface area contributed by atoms with Crippen molar-refractivity contribution in [2.24, 2.45) is 5.92 Å². The largest absolute Gasteiger partial charge is 0.489 e. The maximum atomic E-state index is 10.1. The van der Waals surface area contributed by atoms with E-state index in [2.05, 4.69) is 11.0 Å². The van der Waals surface area contributed by atoms with Crippen LogP contribution in [0.25, 0.3) is 0 Å². The van der Waals surface area contributed by atoms with Crippen molar-refractivity contribution < 1.29 is 14.9 Å². The summed E-state index contributed by atoms with van der Waals surface area (Å²) in [6.07, 6.45) is 1.50. The van der Waals surface area contributed by atoms with Gasteiger partial charge in [-0.25, -0.2) is 0 Å². The van der Waals surface area contributed by atoms with Crippen LogP contribution in [0.2, 0.25) is 0 Å². The Bertz CT molecular complexity index is 487. The number of para-hydroxylation sites is 1. The topological polar surface area (TPSA) is 76.7 Å². The van der Waals surface area contributed by atoms with Crippen LogP contribution in [0.15, 0.2) is 24.3 Å². The number of rotatable bonds is 6. The van der Waals surface area contributed by atoms with Crippen LogP contribution in [-0.4, -0.2) is 54.1 Å². The van der Waals surface area contributed by atoms with Gasteiger partial charge < -0.3 is 19.8 Å². The highest BCUT2D eigenvalue weighted by Crippen LogP contribution is 2.18. The number of hydrogen-bond donors (Lipinski definition) is 2. The van der Waals surface area contributed by atoms with Crippen molar-refractivity contribution in [3.8, 4) is 11.8 Å². The first-order chi connectivity index (χ1) is 10.2. The lowest BCUT2D eigenvalue weighted by Gasteiger charge is -2.33. The summed E-state index contributed by atoms with van der Waals surface area (Å²) in [5.41, 5.74) is 0.475. The Hall–Kier alpha value is -1.61. The molecule has 5 heteroatoms. The van der Waals surface area contributed by atoms with Gasteiger partial charge in [0, 0.05) is 19.7 Å². The number of ether oxygens (including phenoxy) is 1. The van der Waals surface area contributed by atoms with E-state index < -0.39 is 6.10 Å². The fourth-order valence-corrected chi connectivity index (χ4v) is 2.69. The lowest BCUT2D eigenvalue weighted by atomic mass is 9.99. The van der Waals surface area contributed by atoms with E-state index in [1.165, 1.54) is 0 Å². The summed E-state index contributed by atoms with van der Waals surface area (Å²) < 4.78 is 5.54. The SMILES string of the molecule is N#Cc1ccccc1OCC(O)CN1CCCC(CO)C1. The van der Waals surface area contributed by atoms with Gasteiger partial charge in [-0.3, -0.25) is 0 Å². The van der Waals surface area contributed by atoms with Crippen molar-refractivity contribution in [1.29, 1.82) is 5.26 Å². The molecule has 5 nitrogen and oxygen atoms in total. The zero-order chi connectivity index (χ0) is 15.1. The summed E-state index contributed by atoms with van der Waals surface area (Å²) in [7, 11) is 0. The van der Waals surface area contributed by atoms with Crippen LogP contribution in [-0.2, 0) is 0 Å². The highest BCUT2D eigenvalue weighted by Gasteiger charge is 2.21. The molecule has 1 aliphatic heterocycles. The Morgan fingerprint density at radius 1 is 1.43 bits per heavy atom. The summed E-state index contributed by atoms with van der Waals surface area (Å²) in [5, 5.41) is 28.3. The monoisotopic (exact) mass is 290 g/mol. The number of hydrogen-bond acceptors (Lipinski definition) is 5. The average Bonchev–Trinajstić information content (AvgIpc) is 2.53. The molecule has 0 radical (unpaired) electrons. The van der Waals surface area contributed by atoms with Gasteiger partial charge in [0.05, 0.1) is 5.56 Å². The van der Waals surface area contributed by atoms with Crippen LogP contribution < -0.4 is 4.74 Å². The summed E-state index contributed by atoms with van der Waals surface area (Å²) in [6, 6.07) is 9.08.